The summed E-state index contributed by atoms with van der Waals surface area (Å²) in [6, 6.07) is 13.3. The molecule has 1 amide bonds. The van der Waals surface area contributed by atoms with Crippen molar-refractivity contribution in [3.8, 4) is 17.2 Å². The maximum atomic E-state index is 13.3. The molecule has 0 unspecified atom stereocenters. The van der Waals surface area contributed by atoms with Crippen molar-refractivity contribution in [3.63, 3.8) is 0 Å². The third-order valence-corrected chi connectivity index (χ3v) is 5.46. The zero-order valence-corrected chi connectivity index (χ0v) is 17.6. The molecular weight excluding hydrogens is 382 g/mol. The van der Waals surface area contributed by atoms with Gasteiger partial charge in [0.2, 0.25) is 0 Å². The maximum Gasteiger partial charge on any atom is 0.258 e. The minimum absolute atomic E-state index is 0.00679. The van der Waals surface area contributed by atoms with Crippen molar-refractivity contribution in [3.05, 3.63) is 53.8 Å². The number of aryl methyl sites for hydroxylation is 1. The van der Waals surface area contributed by atoms with Crippen molar-refractivity contribution < 1.29 is 23.4 Å². The van der Waals surface area contributed by atoms with E-state index in [1.807, 2.05) is 61.2 Å². The zero-order chi connectivity index (χ0) is 21.1. The normalized spacial score (nSPS) is 14.7. The van der Waals surface area contributed by atoms with Crippen molar-refractivity contribution in [2.45, 2.75) is 32.8 Å². The lowest BCUT2D eigenvalue weighted by atomic mass is 10.0. The number of carbonyl (C=O) groups is 1. The van der Waals surface area contributed by atoms with E-state index in [-0.39, 0.29) is 12.0 Å². The number of hydrogen-bond donors (Lipinski definition) is 0. The van der Waals surface area contributed by atoms with Crippen LogP contribution in [0.25, 0.3) is 11.0 Å². The van der Waals surface area contributed by atoms with Crippen LogP contribution in [0, 0.1) is 6.92 Å². The number of ether oxygens (including phenoxy) is 3. The molecule has 4 rings (SSSR count). The van der Waals surface area contributed by atoms with Gasteiger partial charge in [0, 0.05) is 31.3 Å². The van der Waals surface area contributed by atoms with Crippen molar-refractivity contribution in [2.24, 2.45) is 0 Å². The van der Waals surface area contributed by atoms with Crippen molar-refractivity contribution in [1.82, 2.24) is 4.90 Å². The minimum Gasteiger partial charge on any atom is -0.497 e. The molecule has 1 aliphatic heterocycles. The van der Waals surface area contributed by atoms with Gasteiger partial charge in [0.25, 0.3) is 5.91 Å². The summed E-state index contributed by atoms with van der Waals surface area (Å²) in [5, 5.41) is 0.792. The van der Waals surface area contributed by atoms with Crippen LogP contribution in [-0.2, 0) is 0 Å². The van der Waals surface area contributed by atoms with E-state index in [9.17, 15) is 4.79 Å². The molecule has 2 aromatic carbocycles. The average molecular weight is 409 g/mol. The lowest BCUT2D eigenvalue weighted by molar-refractivity contribution is 0.0589. The summed E-state index contributed by atoms with van der Waals surface area (Å²) in [5.41, 5.74) is 1.31. The molecule has 0 bridgehead atoms. The molecule has 1 saturated heterocycles. The van der Waals surface area contributed by atoms with Gasteiger partial charge in [-0.1, -0.05) is 12.1 Å². The number of para-hydroxylation sites is 2. The average Bonchev–Trinajstić information content (AvgIpc) is 3.10. The van der Waals surface area contributed by atoms with E-state index < -0.39 is 0 Å². The standard InChI is InChI=1S/C24H27NO5/c1-4-28-21-7-5-6-8-22(21)30-17-11-13-25(14-12-17)24(26)23-16(2)29-20-10-9-18(27-3)15-19(20)23/h5-10,15,17H,4,11-14H2,1-3H3. The Kier molecular flexibility index (Phi) is 5.84. The molecule has 0 aliphatic carbocycles. The van der Waals surface area contributed by atoms with E-state index in [1.165, 1.54) is 0 Å². The second kappa shape index (κ2) is 8.69. The Balaban J connectivity index is 1.45. The number of amides is 1. The van der Waals surface area contributed by atoms with Gasteiger partial charge in [0.15, 0.2) is 11.5 Å². The van der Waals surface area contributed by atoms with Gasteiger partial charge in [-0.25, -0.2) is 0 Å². The van der Waals surface area contributed by atoms with Crippen molar-refractivity contribution >= 4 is 16.9 Å². The van der Waals surface area contributed by atoms with E-state index in [4.69, 9.17) is 18.6 Å². The second-order valence-electron chi connectivity index (χ2n) is 7.38. The van der Waals surface area contributed by atoms with Crippen LogP contribution in [0.3, 0.4) is 0 Å². The highest BCUT2D eigenvalue weighted by Gasteiger charge is 2.28. The van der Waals surface area contributed by atoms with Crippen LogP contribution in [0.4, 0.5) is 0 Å². The van der Waals surface area contributed by atoms with Gasteiger partial charge in [-0.3, -0.25) is 4.79 Å². The first-order chi connectivity index (χ1) is 14.6. The Bertz CT molecular complexity index is 1030. The topological polar surface area (TPSA) is 61.1 Å². The van der Waals surface area contributed by atoms with Crippen LogP contribution in [0.15, 0.2) is 46.9 Å². The predicted octanol–water partition coefficient (Wildman–Crippen LogP) is 4.83. The van der Waals surface area contributed by atoms with Gasteiger partial charge < -0.3 is 23.5 Å². The first-order valence-electron chi connectivity index (χ1n) is 10.4. The molecule has 0 saturated carbocycles. The molecule has 6 nitrogen and oxygen atoms in total. The molecule has 2 heterocycles. The van der Waals surface area contributed by atoms with E-state index in [0.717, 1.165) is 29.7 Å². The number of fused-ring (bicyclic) bond motifs is 1. The fraction of sp³-hybridized carbons (Fsp3) is 0.375. The number of hydrogen-bond acceptors (Lipinski definition) is 5. The molecule has 1 aromatic heterocycles. The summed E-state index contributed by atoms with van der Waals surface area (Å²) >= 11 is 0. The van der Waals surface area contributed by atoms with Gasteiger partial charge in [-0.05, 0) is 44.2 Å². The first-order valence-corrected chi connectivity index (χ1v) is 10.4. The van der Waals surface area contributed by atoms with Gasteiger partial charge in [-0.2, -0.15) is 0 Å². The number of nitrogens with zero attached hydrogens (tertiary/aromatic N) is 1. The van der Waals surface area contributed by atoms with E-state index in [2.05, 4.69) is 0 Å². The summed E-state index contributed by atoms with van der Waals surface area (Å²) in [6.45, 7) is 5.65. The molecule has 3 aromatic rings. The smallest absolute Gasteiger partial charge is 0.258 e. The number of furan rings is 1. The Labute approximate surface area is 176 Å². The zero-order valence-electron chi connectivity index (χ0n) is 17.6. The number of rotatable bonds is 6. The minimum atomic E-state index is -0.00679. The van der Waals surface area contributed by atoms with E-state index in [0.29, 0.717) is 42.4 Å². The summed E-state index contributed by atoms with van der Waals surface area (Å²) in [4.78, 5) is 15.1. The second-order valence-corrected chi connectivity index (χ2v) is 7.38. The first kappa shape index (κ1) is 20.1. The Morgan fingerprint density at radius 3 is 2.57 bits per heavy atom. The summed E-state index contributed by atoms with van der Waals surface area (Å²) < 4.78 is 23.0. The van der Waals surface area contributed by atoms with Crippen molar-refractivity contribution in [2.75, 3.05) is 26.8 Å². The molecule has 158 valence electrons. The molecule has 0 radical (unpaired) electrons. The largest absolute Gasteiger partial charge is 0.497 e. The highest BCUT2D eigenvalue weighted by atomic mass is 16.5. The quantitative estimate of drug-likeness (QED) is 0.583. The van der Waals surface area contributed by atoms with Crippen molar-refractivity contribution in [1.29, 1.82) is 0 Å². The van der Waals surface area contributed by atoms with Gasteiger partial charge in [-0.15, -0.1) is 0 Å². The SMILES string of the molecule is CCOc1ccccc1OC1CCN(C(=O)c2c(C)oc3ccc(OC)cc23)CC1. The Morgan fingerprint density at radius 1 is 1.13 bits per heavy atom. The monoisotopic (exact) mass is 409 g/mol. The molecule has 0 spiro atoms. The maximum absolute atomic E-state index is 13.3. The van der Waals surface area contributed by atoms with Gasteiger partial charge >= 0.3 is 0 Å². The van der Waals surface area contributed by atoms with E-state index >= 15 is 0 Å². The van der Waals surface area contributed by atoms with Crippen LogP contribution in [-0.4, -0.2) is 43.7 Å². The fourth-order valence-corrected chi connectivity index (χ4v) is 3.93. The third-order valence-electron chi connectivity index (χ3n) is 5.46. The lowest BCUT2D eigenvalue weighted by Gasteiger charge is -2.32. The van der Waals surface area contributed by atoms with Gasteiger partial charge in [0.05, 0.1) is 19.3 Å². The number of methoxy groups -OCH3 is 1. The van der Waals surface area contributed by atoms with Crippen LogP contribution in [0.5, 0.6) is 17.2 Å². The van der Waals surface area contributed by atoms with Crippen LogP contribution < -0.4 is 14.2 Å². The molecule has 6 heteroatoms. The van der Waals surface area contributed by atoms with Crippen LogP contribution in [0.2, 0.25) is 0 Å². The number of likely N-dealkylation sites (tertiary alicyclic amines) is 1. The molecule has 1 aliphatic rings. The number of benzene rings is 2. The fourth-order valence-electron chi connectivity index (χ4n) is 3.93. The molecule has 30 heavy (non-hydrogen) atoms. The number of carbonyl (C=O) groups excluding carboxylic acids is 1. The van der Waals surface area contributed by atoms with Gasteiger partial charge in [0.1, 0.15) is 23.2 Å². The molecule has 1 fully saturated rings. The Hall–Kier alpha value is -3.15. The van der Waals surface area contributed by atoms with Crippen LogP contribution >= 0.6 is 0 Å². The number of piperidine rings is 1. The summed E-state index contributed by atoms with van der Waals surface area (Å²) in [5.74, 6) is 2.85. The Morgan fingerprint density at radius 2 is 1.87 bits per heavy atom. The highest BCUT2D eigenvalue weighted by molar-refractivity contribution is 6.07. The molecule has 0 N–H and O–H groups in total. The molecule has 0 atom stereocenters. The third kappa shape index (κ3) is 3.95. The summed E-state index contributed by atoms with van der Waals surface area (Å²) in [7, 11) is 1.62. The van der Waals surface area contributed by atoms with Crippen LogP contribution in [0.1, 0.15) is 35.9 Å². The molecular formula is C24H27NO5. The lowest BCUT2D eigenvalue weighted by Crippen LogP contribution is -2.42. The predicted molar refractivity (Wildman–Crippen MR) is 115 cm³/mol. The summed E-state index contributed by atoms with van der Waals surface area (Å²) in [6.07, 6.45) is 1.59. The van der Waals surface area contributed by atoms with E-state index in [1.54, 1.807) is 7.11 Å². The highest BCUT2D eigenvalue weighted by Crippen LogP contribution is 2.32.